The van der Waals surface area contributed by atoms with Crippen molar-refractivity contribution < 1.29 is 0 Å². The van der Waals surface area contributed by atoms with Crippen molar-refractivity contribution in [2.75, 3.05) is 0 Å². The Kier molecular flexibility index (Phi) is 10.6. The summed E-state index contributed by atoms with van der Waals surface area (Å²) in [5, 5.41) is 0. The number of hydrogen-bond donors (Lipinski definition) is 0. The van der Waals surface area contributed by atoms with Crippen LogP contribution < -0.4 is 0 Å². The summed E-state index contributed by atoms with van der Waals surface area (Å²) in [6, 6.07) is 8.56. The van der Waals surface area contributed by atoms with Crippen molar-refractivity contribution in [3.8, 4) is 11.4 Å². The number of halogens is 1. The lowest BCUT2D eigenvalue weighted by molar-refractivity contribution is 0.249. The van der Waals surface area contributed by atoms with Gasteiger partial charge in [0.2, 0.25) is 0 Å². The molecule has 2 nitrogen and oxygen atoms in total. The minimum Gasteiger partial charge on any atom is -0.236 e. The molecule has 1 aromatic heterocycles. The summed E-state index contributed by atoms with van der Waals surface area (Å²) < 4.78 is 0. The molecule has 31 heavy (non-hydrogen) atoms. The number of aromatic nitrogens is 2. The quantitative estimate of drug-likeness (QED) is 0.310. The Balaban J connectivity index is 1.39. The maximum atomic E-state index is 5.59. The third-order valence-electron chi connectivity index (χ3n) is 6.88. The van der Waals surface area contributed by atoms with Crippen LogP contribution in [-0.4, -0.2) is 9.97 Å². The van der Waals surface area contributed by atoms with E-state index in [1.165, 1.54) is 75.3 Å². The van der Waals surface area contributed by atoms with E-state index in [4.69, 9.17) is 11.6 Å². The molecule has 0 aliphatic heterocycles. The van der Waals surface area contributed by atoms with Gasteiger partial charge in [0.15, 0.2) is 5.82 Å². The lowest BCUT2D eigenvalue weighted by Crippen LogP contribution is -2.15. The standard InChI is InChI=1S/C28H39ClN2/c1-2-3-4-5-8-23-10-12-25(13-11-23)14-15-26-21-30-28(31-22-26)27-18-16-24(17-19-27)9-6-7-20-29/h7,16-23,25H,2-6,8-15H2,1H3/b20-7+/t23-,25-. The summed E-state index contributed by atoms with van der Waals surface area (Å²) in [4.78, 5) is 9.28. The van der Waals surface area contributed by atoms with Gasteiger partial charge in [0, 0.05) is 23.5 Å². The van der Waals surface area contributed by atoms with E-state index in [-0.39, 0.29) is 0 Å². The molecule has 0 unspecified atom stereocenters. The lowest BCUT2D eigenvalue weighted by atomic mass is 9.78. The SMILES string of the molecule is CCCCCC[C@H]1CC[C@H](CCc2cnc(-c3ccc(CC/C=C/Cl)cc3)nc2)CC1. The topological polar surface area (TPSA) is 25.8 Å². The molecule has 0 spiro atoms. The Labute approximate surface area is 194 Å². The predicted octanol–water partition coefficient (Wildman–Crippen LogP) is 8.54. The fourth-order valence-corrected chi connectivity index (χ4v) is 4.93. The number of allylic oxidation sites excluding steroid dienone is 1. The van der Waals surface area contributed by atoms with Gasteiger partial charge in [0.05, 0.1) is 0 Å². The van der Waals surface area contributed by atoms with E-state index in [0.29, 0.717) is 0 Å². The van der Waals surface area contributed by atoms with Gasteiger partial charge >= 0.3 is 0 Å². The highest BCUT2D eigenvalue weighted by molar-refractivity contribution is 6.25. The number of benzene rings is 1. The van der Waals surface area contributed by atoms with Crippen molar-refractivity contribution >= 4 is 11.6 Å². The van der Waals surface area contributed by atoms with E-state index < -0.39 is 0 Å². The molecule has 2 aromatic rings. The average Bonchev–Trinajstić information content (AvgIpc) is 2.82. The minimum atomic E-state index is 0.819. The fraction of sp³-hybridized carbons (Fsp3) is 0.571. The molecular formula is C28H39ClN2. The van der Waals surface area contributed by atoms with E-state index in [2.05, 4.69) is 41.2 Å². The number of nitrogens with zero attached hydrogens (tertiary/aromatic N) is 2. The first-order chi connectivity index (χ1) is 15.3. The van der Waals surface area contributed by atoms with Gasteiger partial charge in [-0.2, -0.15) is 0 Å². The molecule has 0 amide bonds. The highest BCUT2D eigenvalue weighted by atomic mass is 35.5. The van der Waals surface area contributed by atoms with Gasteiger partial charge in [-0.25, -0.2) is 9.97 Å². The highest BCUT2D eigenvalue weighted by Crippen LogP contribution is 2.34. The molecule has 1 saturated carbocycles. The van der Waals surface area contributed by atoms with E-state index in [0.717, 1.165) is 42.5 Å². The first-order valence-corrected chi connectivity index (χ1v) is 12.9. The largest absolute Gasteiger partial charge is 0.236 e. The van der Waals surface area contributed by atoms with Crippen LogP contribution in [-0.2, 0) is 12.8 Å². The maximum absolute atomic E-state index is 5.59. The number of hydrogen-bond acceptors (Lipinski definition) is 2. The molecule has 3 heteroatoms. The molecule has 0 bridgehead atoms. The van der Waals surface area contributed by atoms with Crippen LogP contribution in [0.25, 0.3) is 11.4 Å². The second kappa shape index (κ2) is 13.7. The van der Waals surface area contributed by atoms with E-state index in [1.807, 2.05) is 18.5 Å². The number of unbranched alkanes of at least 4 members (excludes halogenated alkanes) is 3. The second-order valence-corrected chi connectivity index (χ2v) is 9.54. The van der Waals surface area contributed by atoms with Crippen LogP contribution in [0.5, 0.6) is 0 Å². The van der Waals surface area contributed by atoms with E-state index in [1.54, 1.807) is 5.54 Å². The van der Waals surface area contributed by atoms with Crippen molar-refractivity contribution in [2.45, 2.75) is 90.4 Å². The Morgan fingerprint density at radius 3 is 2.16 bits per heavy atom. The Morgan fingerprint density at radius 2 is 1.52 bits per heavy atom. The normalized spacial score (nSPS) is 19.2. The van der Waals surface area contributed by atoms with E-state index >= 15 is 0 Å². The van der Waals surface area contributed by atoms with Gasteiger partial charge in [-0.1, -0.05) is 107 Å². The fourth-order valence-electron chi connectivity index (χ4n) is 4.81. The van der Waals surface area contributed by atoms with E-state index in [9.17, 15) is 0 Å². The average molecular weight is 439 g/mol. The lowest BCUT2D eigenvalue weighted by Gasteiger charge is -2.28. The van der Waals surface area contributed by atoms with Crippen LogP contribution >= 0.6 is 11.6 Å². The molecular weight excluding hydrogens is 400 g/mol. The zero-order valence-corrected chi connectivity index (χ0v) is 20.0. The first kappa shape index (κ1) is 24.0. The van der Waals surface area contributed by atoms with Crippen molar-refractivity contribution in [1.29, 1.82) is 0 Å². The van der Waals surface area contributed by atoms with Gasteiger partial charge < -0.3 is 0 Å². The number of aryl methyl sites for hydroxylation is 2. The van der Waals surface area contributed by atoms with Gasteiger partial charge in [0.25, 0.3) is 0 Å². The Morgan fingerprint density at radius 1 is 0.839 bits per heavy atom. The maximum Gasteiger partial charge on any atom is 0.159 e. The molecule has 1 heterocycles. The van der Waals surface area contributed by atoms with Crippen LogP contribution in [0.1, 0.15) is 88.7 Å². The minimum absolute atomic E-state index is 0.819. The molecule has 0 N–H and O–H groups in total. The summed E-state index contributed by atoms with van der Waals surface area (Å²) in [6.07, 6.45) is 23.3. The molecule has 168 valence electrons. The van der Waals surface area contributed by atoms with Crippen molar-refractivity contribution in [1.82, 2.24) is 9.97 Å². The Hall–Kier alpha value is -1.67. The van der Waals surface area contributed by atoms with Crippen LogP contribution in [0.4, 0.5) is 0 Å². The molecule has 1 aliphatic rings. The summed E-state index contributed by atoms with van der Waals surface area (Å²) in [7, 11) is 0. The van der Waals surface area contributed by atoms with Gasteiger partial charge in [-0.05, 0) is 48.6 Å². The predicted molar refractivity (Wildman–Crippen MR) is 133 cm³/mol. The monoisotopic (exact) mass is 438 g/mol. The van der Waals surface area contributed by atoms with Crippen molar-refractivity contribution in [3.63, 3.8) is 0 Å². The molecule has 0 radical (unpaired) electrons. The zero-order chi connectivity index (χ0) is 21.7. The summed E-state index contributed by atoms with van der Waals surface area (Å²) in [6.45, 7) is 2.30. The summed E-state index contributed by atoms with van der Waals surface area (Å²) in [5.41, 5.74) is 5.26. The van der Waals surface area contributed by atoms with Crippen LogP contribution in [0, 0.1) is 11.8 Å². The molecule has 1 aliphatic carbocycles. The van der Waals surface area contributed by atoms with Crippen LogP contribution in [0.15, 0.2) is 48.3 Å². The summed E-state index contributed by atoms with van der Waals surface area (Å²) >= 11 is 5.59. The van der Waals surface area contributed by atoms with Gasteiger partial charge in [0.1, 0.15) is 0 Å². The second-order valence-electron chi connectivity index (χ2n) is 9.29. The number of rotatable bonds is 12. The highest BCUT2D eigenvalue weighted by Gasteiger charge is 2.20. The van der Waals surface area contributed by atoms with Crippen molar-refractivity contribution in [2.24, 2.45) is 11.8 Å². The molecule has 1 fully saturated rings. The summed E-state index contributed by atoms with van der Waals surface area (Å²) in [5.74, 6) is 2.71. The van der Waals surface area contributed by atoms with Crippen LogP contribution in [0.2, 0.25) is 0 Å². The smallest absolute Gasteiger partial charge is 0.159 e. The third-order valence-corrected chi connectivity index (χ3v) is 7.06. The molecule has 0 atom stereocenters. The zero-order valence-electron chi connectivity index (χ0n) is 19.2. The molecule has 3 rings (SSSR count). The van der Waals surface area contributed by atoms with Gasteiger partial charge in [-0.3, -0.25) is 0 Å². The van der Waals surface area contributed by atoms with Crippen molar-refractivity contribution in [3.05, 3.63) is 59.4 Å². The molecule has 0 saturated heterocycles. The first-order valence-electron chi connectivity index (χ1n) is 12.4. The Bertz CT molecular complexity index is 759. The molecule has 1 aromatic carbocycles. The third kappa shape index (κ3) is 8.41. The van der Waals surface area contributed by atoms with Crippen LogP contribution in [0.3, 0.4) is 0 Å². The van der Waals surface area contributed by atoms with Gasteiger partial charge in [-0.15, -0.1) is 0 Å².